The van der Waals surface area contributed by atoms with E-state index in [0.717, 1.165) is 24.1 Å². The molecular weight excluding hydrogens is 298 g/mol. The van der Waals surface area contributed by atoms with Crippen LogP contribution in [0.25, 0.3) is 11.1 Å². The predicted octanol–water partition coefficient (Wildman–Crippen LogP) is 3.30. The van der Waals surface area contributed by atoms with Crippen LogP contribution >= 0.6 is 0 Å². The molecule has 0 bridgehead atoms. The topological polar surface area (TPSA) is 56.1 Å². The number of benzene rings is 2. The molecule has 1 unspecified atom stereocenters. The molecule has 0 radical (unpaired) electrons. The van der Waals surface area contributed by atoms with Crippen molar-refractivity contribution in [1.29, 1.82) is 5.26 Å². The van der Waals surface area contributed by atoms with Crippen LogP contribution in [0.5, 0.6) is 0 Å². The first-order chi connectivity index (χ1) is 11.5. The van der Waals surface area contributed by atoms with Crippen molar-refractivity contribution in [3.8, 4) is 17.2 Å². The number of rotatable bonds is 6. The smallest absolute Gasteiger partial charge is 0.251 e. The Morgan fingerprint density at radius 2 is 1.83 bits per heavy atom. The largest absolute Gasteiger partial charge is 0.348 e. The molecule has 0 saturated carbocycles. The maximum absolute atomic E-state index is 12.5. The number of carbonyl (C=O) groups excluding carboxylic acids is 1. The van der Waals surface area contributed by atoms with Crippen LogP contribution < -0.4 is 5.32 Å². The van der Waals surface area contributed by atoms with Gasteiger partial charge in [0.05, 0.1) is 11.6 Å². The van der Waals surface area contributed by atoms with Crippen molar-refractivity contribution in [3.05, 3.63) is 59.7 Å². The van der Waals surface area contributed by atoms with Crippen LogP contribution in [-0.2, 0) is 0 Å². The summed E-state index contributed by atoms with van der Waals surface area (Å²) in [5, 5.41) is 12.1. The van der Waals surface area contributed by atoms with Gasteiger partial charge in [0.1, 0.15) is 0 Å². The Kier molecular flexibility index (Phi) is 6.11. The van der Waals surface area contributed by atoms with Crippen LogP contribution in [0.1, 0.15) is 29.3 Å². The zero-order chi connectivity index (χ0) is 17.5. The number of hydrogen-bond donors (Lipinski definition) is 1. The Morgan fingerprint density at radius 1 is 1.17 bits per heavy atom. The van der Waals surface area contributed by atoms with Crippen LogP contribution in [0, 0.1) is 11.3 Å². The Labute approximate surface area is 143 Å². The summed E-state index contributed by atoms with van der Waals surface area (Å²) >= 11 is 0. The lowest BCUT2D eigenvalue weighted by molar-refractivity contribution is 0.0929. The van der Waals surface area contributed by atoms with Gasteiger partial charge in [0.2, 0.25) is 0 Å². The van der Waals surface area contributed by atoms with Gasteiger partial charge in [-0.1, -0.05) is 31.2 Å². The maximum Gasteiger partial charge on any atom is 0.251 e. The monoisotopic (exact) mass is 321 g/mol. The normalized spacial score (nSPS) is 11.8. The fourth-order valence-electron chi connectivity index (χ4n) is 2.59. The van der Waals surface area contributed by atoms with Crippen molar-refractivity contribution < 1.29 is 4.79 Å². The molecule has 1 amide bonds. The summed E-state index contributed by atoms with van der Waals surface area (Å²) in [4.78, 5) is 14.6. The molecule has 1 N–H and O–H groups in total. The first kappa shape index (κ1) is 17.7. The molecule has 0 aliphatic rings. The third kappa shape index (κ3) is 4.68. The third-order valence-electron chi connectivity index (χ3n) is 3.86. The average Bonchev–Trinajstić information content (AvgIpc) is 2.60. The van der Waals surface area contributed by atoms with E-state index in [1.54, 1.807) is 6.07 Å². The van der Waals surface area contributed by atoms with E-state index in [0.29, 0.717) is 11.1 Å². The minimum atomic E-state index is -0.0676. The average molecular weight is 321 g/mol. The summed E-state index contributed by atoms with van der Waals surface area (Å²) in [6.07, 6.45) is 0.883. The second kappa shape index (κ2) is 8.28. The molecule has 0 aromatic heterocycles. The van der Waals surface area contributed by atoms with Crippen LogP contribution in [0.2, 0.25) is 0 Å². The van der Waals surface area contributed by atoms with Crippen LogP contribution in [-0.4, -0.2) is 37.5 Å². The second-order valence-corrected chi connectivity index (χ2v) is 6.11. The highest BCUT2D eigenvalue weighted by Gasteiger charge is 2.13. The number of nitriles is 1. The summed E-state index contributed by atoms with van der Waals surface area (Å²) in [5.41, 5.74) is 3.11. The van der Waals surface area contributed by atoms with Crippen molar-refractivity contribution in [2.45, 2.75) is 19.4 Å². The molecular formula is C20H23N3O. The number of likely N-dealkylation sites (N-methyl/N-ethyl adjacent to an activating group) is 1. The Balaban J connectivity index is 2.20. The third-order valence-corrected chi connectivity index (χ3v) is 3.86. The van der Waals surface area contributed by atoms with Gasteiger partial charge in [-0.25, -0.2) is 0 Å². The summed E-state index contributed by atoms with van der Waals surface area (Å²) in [6, 6.07) is 17.2. The summed E-state index contributed by atoms with van der Waals surface area (Å²) in [7, 11) is 4.00. The van der Waals surface area contributed by atoms with E-state index in [4.69, 9.17) is 5.26 Å². The van der Waals surface area contributed by atoms with Gasteiger partial charge in [-0.05, 0) is 55.9 Å². The number of hydrogen-bond acceptors (Lipinski definition) is 3. The number of amides is 1. The van der Waals surface area contributed by atoms with Gasteiger partial charge >= 0.3 is 0 Å². The molecule has 1 atom stereocenters. The van der Waals surface area contributed by atoms with Crippen LogP contribution in [0.15, 0.2) is 48.5 Å². The summed E-state index contributed by atoms with van der Waals surface area (Å²) in [5.74, 6) is -0.0676. The highest BCUT2D eigenvalue weighted by atomic mass is 16.1. The molecule has 4 nitrogen and oxygen atoms in total. The van der Waals surface area contributed by atoms with E-state index < -0.39 is 0 Å². The van der Waals surface area contributed by atoms with Crippen molar-refractivity contribution in [1.82, 2.24) is 10.2 Å². The first-order valence-electron chi connectivity index (χ1n) is 8.09. The molecule has 0 saturated heterocycles. The van der Waals surface area contributed by atoms with Gasteiger partial charge in [0.25, 0.3) is 5.91 Å². The zero-order valence-corrected chi connectivity index (χ0v) is 14.4. The molecule has 24 heavy (non-hydrogen) atoms. The molecule has 0 aliphatic carbocycles. The van der Waals surface area contributed by atoms with E-state index in [9.17, 15) is 4.79 Å². The fraction of sp³-hybridized carbons (Fsp3) is 0.300. The lowest BCUT2D eigenvalue weighted by atomic mass is 10.0. The van der Waals surface area contributed by atoms with Crippen molar-refractivity contribution in [3.63, 3.8) is 0 Å². The predicted molar refractivity (Wildman–Crippen MR) is 96.7 cm³/mol. The second-order valence-electron chi connectivity index (χ2n) is 6.11. The highest BCUT2D eigenvalue weighted by Crippen LogP contribution is 2.21. The zero-order valence-electron chi connectivity index (χ0n) is 14.4. The summed E-state index contributed by atoms with van der Waals surface area (Å²) in [6.45, 7) is 2.88. The lowest BCUT2D eigenvalue weighted by Crippen LogP contribution is -2.41. The summed E-state index contributed by atoms with van der Waals surface area (Å²) < 4.78 is 0. The van der Waals surface area contributed by atoms with Gasteiger partial charge in [-0.2, -0.15) is 5.26 Å². The van der Waals surface area contributed by atoms with Gasteiger partial charge in [-0.3, -0.25) is 4.79 Å². The quantitative estimate of drug-likeness (QED) is 0.888. The van der Waals surface area contributed by atoms with Gasteiger partial charge in [0.15, 0.2) is 0 Å². The van der Waals surface area contributed by atoms with E-state index >= 15 is 0 Å². The molecule has 0 aliphatic heterocycles. The van der Waals surface area contributed by atoms with E-state index in [1.165, 1.54) is 0 Å². The minimum Gasteiger partial charge on any atom is -0.348 e. The van der Waals surface area contributed by atoms with Gasteiger partial charge < -0.3 is 10.2 Å². The number of nitrogens with one attached hydrogen (secondary N) is 1. The maximum atomic E-state index is 12.5. The van der Waals surface area contributed by atoms with Crippen LogP contribution in [0.3, 0.4) is 0 Å². The van der Waals surface area contributed by atoms with Crippen LogP contribution in [0.4, 0.5) is 0 Å². The molecule has 124 valence electrons. The molecule has 0 spiro atoms. The molecule has 2 aromatic carbocycles. The first-order valence-corrected chi connectivity index (χ1v) is 8.09. The standard InChI is InChI=1S/C20H23N3O/c1-4-19(14-23(2)3)22-20(24)18-10-6-9-17(12-18)16-8-5-7-15(11-16)13-21/h5-12,19H,4,14H2,1-3H3,(H,22,24). The number of carbonyl (C=O) groups is 1. The molecule has 0 heterocycles. The molecule has 2 aromatic rings. The Bertz CT molecular complexity index is 747. The molecule has 2 rings (SSSR count). The Morgan fingerprint density at radius 3 is 2.46 bits per heavy atom. The Hall–Kier alpha value is -2.64. The lowest BCUT2D eigenvalue weighted by Gasteiger charge is -2.21. The van der Waals surface area contributed by atoms with E-state index in [2.05, 4.69) is 23.2 Å². The van der Waals surface area contributed by atoms with Gasteiger partial charge in [-0.15, -0.1) is 0 Å². The number of nitrogens with zero attached hydrogens (tertiary/aromatic N) is 2. The van der Waals surface area contributed by atoms with Gasteiger partial charge in [0, 0.05) is 18.2 Å². The van der Waals surface area contributed by atoms with Crippen molar-refractivity contribution >= 4 is 5.91 Å². The highest BCUT2D eigenvalue weighted by molar-refractivity contribution is 5.95. The molecule has 4 heteroatoms. The fourth-order valence-corrected chi connectivity index (χ4v) is 2.59. The van der Waals surface area contributed by atoms with Crippen molar-refractivity contribution in [2.75, 3.05) is 20.6 Å². The molecule has 0 fully saturated rings. The van der Waals surface area contributed by atoms with E-state index in [1.807, 2.05) is 56.6 Å². The SMILES string of the molecule is CCC(CN(C)C)NC(=O)c1cccc(-c2cccc(C#N)c2)c1. The minimum absolute atomic E-state index is 0.0676. The van der Waals surface area contributed by atoms with E-state index in [-0.39, 0.29) is 11.9 Å². The van der Waals surface area contributed by atoms with Crippen molar-refractivity contribution in [2.24, 2.45) is 0 Å².